The molecular weight excluding hydrogens is 248 g/mol. The third-order valence-corrected chi connectivity index (χ3v) is 4.62. The van der Waals surface area contributed by atoms with Crippen molar-refractivity contribution in [2.75, 3.05) is 6.26 Å². The van der Waals surface area contributed by atoms with Gasteiger partial charge in [-0.05, 0) is 6.26 Å². The summed E-state index contributed by atoms with van der Waals surface area (Å²) in [6, 6.07) is 0. The molecular formula is C9H8N2O3S2. The van der Waals surface area contributed by atoms with Crippen LogP contribution in [0.15, 0.2) is 26.6 Å². The minimum atomic E-state index is -0.624. The van der Waals surface area contributed by atoms with Crippen molar-refractivity contribution in [1.29, 1.82) is 0 Å². The molecule has 2 heterocycles. The van der Waals surface area contributed by atoms with Gasteiger partial charge in [0, 0.05) is 6.08 Å². The van der Waals surface area contributed by atoms with Crippen molar-refractivity contribution in [2.24, 2.45) is 10.7 Å². The fraction of sp³-hybridized carbons (Fsp3) is 0.222. The van der Waals surface area contributed by atoms with Gasteiger partial charge in [0.1, 0.15) is 11.0 Å². The predicted octanol–water partition coefficient (Wildman–Crippen LogP) is 0.585. The average Bonchev–Trinajstić information content (AvgIpc) is 2.56. The van der Waals surface area contributed by atoms with Gasteiger partial charge < -0.3 is 10.8 Å². The van der Waals surface area contributed by atoms with Gasteiger partial charge in [0.25, 0.3) is 11.8 Å². The first-order valence-electron chi connectivity index (χ1n) is 4.32. The molecule has 7 heteroatoms. The number of carbonyl (C=O) groups is 2. The Hall–Kier alpha value is -1.21. The Morgan fingerprint density at radius 3 is 2.94 bits per heavy atom. The lowest BCUT2D eigenvalue weighted by atomic mass is 10.1. The van der Waals surface area contributed by atoms with E-state index in [-0.39, 0.29) is 17.0 Å². The average molecular weight is 256 g/mol. The number of fused-ring (bicyclic) bond motifs is 1. The molecule has 16 heavy (non-hydrogen) atoms. The second-order valence-electron chi connectivity index (χ2n) is 3.13. The maximum atomic E-state index is 11.3. The molecule has 0 radical (unpaired) electrons. The summed E-state index contributed by atoms with van der Waals surface area (Å²) in [6.07, 6.45) is 2.86. The quantitative estimate of drug-likeness (QED) is 0.754. The van der Waals surface area contributed by atoms with Crippen molar-refractivity contribution in [3.63, 3.8) is 0 Å². The lowest BCUT2D eigenvalue weighted by molar-refractivity contribution is -0.114. The Kier molecular flexibility index (Phi) is 2.81. The SMILES string of the molecule is CSC1=C(C(N)=O)C2=NC(=O)C=C(O)C2S1. The van der Waals surface area contributed by atoms with Gasteiger partial charge in [0.2, 0.25) is 0 Å². The van der Waals surface area contributed by atoms with Gasteiger partial charge in [-0.3, -0.25) is 9.59 Å². The molecule has 1 atom stereocenters. The third-order valence-electron chi connectivity index (χ3n) is 2.14. The van der Waals surface area contributed by atoms with E-state index in [1.54, 1.807) is 6.26 Å². The van der Waals surface area contributed by atoms with Crippen molar-refractivity contribution < 1.29 is 14.7 Å². The Bertz CT molecular complexity index is 479. The van der Waals surface area contributed by atoms with E-state index in [1.165, 1.54) is 23.5 Å². The minimum absolute atomic E-state index is 0.0807. The number of hydrogen-bond acceptors (Lipinski definition) is 5. The molecule has 5 nitrogen and oxygen atoms in total. The Morgan fingerprint density at radius 2 is 2.38 bits per heavy atom. The van der Waals surface area contributed by atoms with E-state index in [0.717, 1.165) is 6.08 Å². The minimum Gasteiger partial charge on any atom is -0.510 e. The van der Waals surface area contributed by atoms with Gasteiger partial charge in [-0.25, -0.2) is 4.99 Å². The van der Waals surface area contributed by atoms with Gasteiger partial charge in [-0.1, -0.05) is 0 Å². The summed E-state index contributed by atoms with van der Waals surface area (Å²) in [5.41, 5.74) is 5.76. The van der Waals surface area contributed by atoms with Gasteiger partial charge in [-0.2, -0.15) is 0 Å². The van der Waals surface area contributed by atoms with Crippen molar-refractivity contribution in [1.82, 2.24) is 0 Å². The monoisotopic (exact) mass is 256 g/mol. The molecule has 2 rings (SSSR count). The van der Waals surface area contributed by atoms with Crippen molar-refractivity contribution in [3.05, 3.63) is 21.6 Å². The van der Waals surface area contributed by atoms with E-state index >= 15 is 0 Å². The molecule has 2 amide bonds. The zero-order valence-electron chi connectivity index (χ0n) is 8.26. The molecule has 0 aliphatic carbocycles. The summed E-state index contributed by atoms with van der Waals surface area (Å²) >= 11 is 2.63. The normalized spacial score (nSPS) is 24.1. The number of primary amides is 1. The summed E-state index contributed by atoms with van der Waals surface area (Å²) in [7, 11) is 0. The first-order valence-corrected chi connectivity index (χ1v) is 6.43. The van der Waals surface area contributed by atoms with E-state index in [4.69, 9.17) is 5.73 Å². The first kappa shape index (κ1) is 11.3. The first-order chi connectivity index (χ1) is 7.54. The number of aliphatic hydroxyl groups excluding tert-OH is 1. The molecule has 0 spiro atoms. The molecule has 1 unspecified atom stereocenters. The molecule has 0 aromatic carbocycles. The highest BCUT2D eigenvalue weighted by Gasteiger charge is 2.39. The third kappa shape index (κ3) is 1.65. The van der Waals surface area contributed by atoms with E-state index in [2.05, 4.69) is 4.99 Å². The molecule has 0 bridgehead atoms. The van der Waals surface area contributed by atoms with Crippen molar-refractivity contribution in [3.8, 4) is 0 Å². The molecule has 0 fully saturated rings. The van der Waals surface area contributed by atoms with Crippen LogP contribution in [0.25, 0.3) is 0 Å². The van der Waals surface area contributed by atoms with Gasteiger partial charge in [0.15, 0.2) is 0 Å². The van der Waals surface area contributed by atoms with Crippen LogP contribution in [-0.2, 0) is 9.59 Å². The molecule has 0 saturated carbocycles. The fourth-order valence-electron chi connectivity index (χ4n) is 1.50. The number of thioether (sulfide) groups is 2. The highest BCUT2D eigenvalue weighted by atomic mass is 32.2. The largest absolute Gasteiger partial charge is 0.510 e. The van der Waals surface area contributed by atoms with E-state index < -0.39 is 17.1 Å². The van der Waals surface area contributed by atoms with Crippen LogP contribution in [0.1, 0.15) is 0 Å². The summed E-state index contributed by atoms with van der Waals surface area (Å²) < 4.78 is 0.686. The lowest BCUT2D eigenvalue weighted by Gasteiger charge is -2.13. The molecule has 0 aromatic rings. The van der Waals surface area contributed by atoms with Gasteiger partial charge in [-0.15, -0.1) is 23.5 Å². The van der Waals surface area contributed by atoms with Crippen molar-refractivity contribution in [2.45, 2.75) is 5.25 Å². The second kappa shape index (κ2) is 3.99. The number of aliphatic hydroxyl groups is 1. The van der Waals surface area contributed by atoms with E-state index in [0.29, 0.717) is 4.24 Å². The second-order valence-corrected chi connectivity index (χ2v) is 5.32. The van der Waals surface area contributed by atoms with Crippen LogP contribution in [0.4, 0.5) is 0 Å². The van der Waals surface area contributed by atoms with Crippen LogP contribution >= 0.6 is 23.5 Å². The predicted molar refractivity (Wildman–Crippen MR) is 64.3 cm³/mol. The number of carbonyl (C=O) groups excluding carboxylic acids is 2. The van der Waals surface area contributed by atoms with Crippen LogP contribution in [-0.4, -0.2) is 34.1 Å². The Balaban J connectivity index is 2.51. The van der Waals surface area contributed by atoms with Gasteiger partial charge in [0.05, 0.1) is 15.5 Å². The summed E-state index contributed by atoms with van der Waals surface area (Å²) in [4.78, 5) is 26.2. The number of aliphatic imine (C=N–C) groups is 1. The maximum Gasteiger partial charge on any atom is 0.273 e. The molecule has 0 aromatic heterocycles. The smallest absolute Gasteiger partial charge is 0.273 e. The number of hydrogen-bond donors (Lipinski definition) is 2. The topological polar surface area (TPSA) is 92.8 Å². The highest BCUT2D eigenvalue weighted by molar-refractivity contribution is 8.23. The zero-order valence-corrected chi connectivity index (χ0v) is 9.89. The van der Waals surface area contributed by atoms with Crippen LogP contribution in [0.2, 0.25) is 0 Å². The number of nitrogens with two attached hydrogens (primary N) is 1. The summed E-state index contributed by atoms with van der Waals surface area (Å²) in [6.45, 7) is 0. The molecule has 3 N–H and O–H groups in total. The van der Waals surface area contributed by atoms with Crippen molar-refractivity contribution >= 4 is 41.0 Å². The van der Waals surface area contributed by atoms with Crippen LogP contribution in [0.5, 0.6) is 0 Å². The number of dihydropyridines is 1. The zero-order chi connectivity index (χ0) is 11.9. The lowest BCUT2D eigenvalue weighted by Crippen LogP contribution is -2.28. The maximum absolute atomic E-state index is 11.3. The number of rotatable bonds is 2. The van der Waals surface area contributed by atoms with Crippen LogP contribution < -0.4 is 5.73 Å². The standard InChI is InChI=1S/C9H8N2O3S2/c1-15-9-5(8(10)14)6-7(16-9)3(12)2-4(13)11-6/h2,7,12H,1H3,(H2,10,14). The fourth-order valence-corrected chi connectivity index (χ4v) is 3.59. The number of amides is 2. The van der Waals surface area contributed by atoms with Crippen LogP contribution in [0.3, 0.4) is 0 Å². The van der Waals surface area contributed by atoms with E-state index in [9.17, 15) is 14.7 Å². The van der Waals surface area contributed by atoms with Crippen LogP contribution in [0, 0.1) is 0 Å². The molecule has 0 saturated heterocycles. The Labute approximate surface area is 99.9 Å². The molecule has 2 aliphatic rings. The molecule has 84 valence electrons. The molecule has 2 aliphatic heterocycles. The van der Waals surface area contributed by atoms with E-state index in [1.807, 2.05) is 0 Å². The highest BCUT2D eigenvalue weighted by Crippen LogP contribution is 2.44. The summed E-state index contributed by atoms with van der Waals surface area (Å²) in [5, 5.41) is 9.14. The van der Waals surface area contributed by atoms with Gasteiger partial charge >= 0.3 is 0 Å². The number of nitrogens with zero attached hydrogens (tertiary/aromatic N) is 1. The Morgan fingerprint density at radius 1 is 1.69 bits per heavy atom. The summed E-state index contributed by atoms with van der Waals surface area (Å²) in [5.74, 6) is -1.27.